The molecule has 2 unspecified atom stereocenters. The third kappa shape index (κ3) is 5.42. The fourth-order valence-corrected chi connectivity index (χ4v) is 9.38. The zero-order valence-corrected chi connectivity index (χ0v) is 31.7. The SMILES string of the molecule is CCC1C(c2ccccc2)=NC(c2ccc3c4ccccc4c4cccc(-c5ccc6c(c5)c5ccccc5n6-c5ccccc5)c4c3c2)=NC1c1ccccc1. The second kappa shape index (κ2) is 13.6. The number of fused-ring (bicyclic) bond motifs is 9. The fourth-order valence-electron chi connectivity index (χ4n) is 9.38. The number of amidine groups is 1. The van der Waals surface area contributed by atoms with Gasteiger partial charge in [-0.15, -0.1) is 0 Å². The molecule has 0 saturated heterocycles. The van der Waals surface area contributed by atoms with E-state index in [1.807, 2.05) is 0 Å². The Kier molecular flexibility index (Phi) is 7.92. The Morgan fingerprint density at radius 2 is 1.05 bits per heavy atom. The van der Waals surface area contributed by atoms with Crippen molar-refractivity contribution in [2.45, 2.75) is 19.4 Å². The lowest BCUT2D eigenvalue weighted by Gasteiger charge is -2.30. The van der Waals surface area contributed by atoms with Crippen LogP contribution in [0.25, 0.3) is 70.9 Å². The molecule has 0 radical (unpaired) electrons. The van der Waals surface area contributed by atoms with Crippen molar-refractivity contribution >= 4 is 65.7 Å². The Morgan fingerprint density at radius 3 is 1.82 bits per heavy atom. The molecule has 0 N–H and O–H groups in total. The maximum atomic E-state index is 5.50. The molecule has 1 aliphatic heterocycles. The summed E-state index contributed by atoms with van der Waals surface area (Å²) >= 11 is 0. The van der Waals surface area contributed by atoms with E-state index in [0.717, 1.165) is 34.8 Å². The van der Waals surface area contributed by atoms with E-state index in [9.17, 15) is 0 Å². The van der Waals surface area contributed by atoms with E-state index in [1.54, 1.807) is 0 Å². The smallest absolute Gasteiger partial charge is 0.155 e. The van der Waals surface area contributed by atoms with Crippen LogP contribution in [0.1, 0.15) is 36.1 Å². The van der Waals surface area contributed by atoms with Crippen LogP contribution < -0.4 is 0 Å². The molecule has 10 aromatic rings. The first-order chi connectivity index (χ1) is 28.2. The molecular weight excluding hydrogens is 691 g/mol. The maximum absolute atomic E-state index is 5.50. The molecule has 0 aliphatic carbocycles. The van der Waals surface area contributed by atoms with Crippen LogP contribution in [0.15, 0.2) is 204 Å². The standard InChI is InChI=1S/C54H39N3/c1-2-40-52(35-17-6-3-7-18-35)55-54(56-53(40)36-19-8-4-9-20-36)38-29-31-44-42-23-12-13-24-43(42)46-27-16-26-41(51(46)48(44)34-38)37-30-32-50-47(33-37)45-25-14-15-28-49(45)57(50)39-21-10-5-11-22-39/h3-34,40,52H,2H2,1H3. The summed E-state index contributed by atoms with van der Waals surface area (Å²) in [5.74, 6) is 0.946. The largest absolute Gasteiger partial charge is 0.309 e. The molecule has 0 saturated carbocycles. The number of aliphatic imine (C=N–C) groups is 2. The minimum Gasteiger partial charge on any atom is -0.309 e. The topological polar surface area (TPSA) is 29.6 Å². The van der Waals surface area contributed by atoms with Crippen LogP contribution in [0.5, 0.6) is 0 Å². The average molecular weight is 730 g/mol. The summed E-state index contributed by atoms with van der Waals surface area (Å²) in [6.07, 6.45) is 0.941. The highest BCUT2D eigenvalue weighted by Gasteiger charge is 2.32. The number of benzene rings is 9. The van der Waals surface area contributed by atoms with Crippen molar-refractivity contribution in [2.24, 2.45) is 15.9 Å². The number of nitrogens with zero attached hydrogens (tertiary/aromatic N) is 3. The van der Waals surface area contributed by atoms with Crippen molar-refractivity contribution in [3.05, 3.63) is 211 Å². The molecule has 1 aliphatic rings. The van der Waals surface area contributed by atoms with Gasteiger partial charge in [0, 0.05) is 27.9 Å². The summed E-state index contributed by atoms with van der Waals surface area (Å²) in [5, 5.41) is 9.91. The Balaban J connectivity index is 1.17. The first kappa shape index (κ1) is 33.3. The highest BCUT2D eigenvalue weighted by molar-refractivity contribution is 6.29. The van der Waals surface area contributed by atoms with Gasteiger partial charge in [-0.05, 0) is 97.4 Å². The van der Waals surface area contributed by atoms with E-state index < -0.39 is 0 Å². The summed E-state index contributed by atoms with van der Waals surface area (Å²) in [5.41, 5.74) is 10.5. The van der Waals surface area contributed by atoms with Gasteiger partial charge in [-0.1, -0.05) is 165 Å². The van der Waals surface area contributed by atoms with Crippen LogP contribution in [-0.2, 0) is 0 Å². The van der Waals surface area contributed by atoms with E-state index in [4.69, 9.17) is 9.98 Å². The molecule has 57 heavy (non-hydrogen) atoms. The lowest BCUT2D eigenvalue weighted by atomic mass is 9.83. The Bertz CT molecular complexity index is 3210. The minimum atomic E-state index is -0.0387. The maximum Gasteiger partial charge on any atom is 0.155 e. The van der Waals surface area contributed by atoms with Crippen molar-refractivity contribution in [3.63, 3.8) is 0 Å². The van der Waals surface area contributed by atoms with E-state index in [-0.39, 0.29) is 12.0 Å². The summed E-state index contributed by atoms with van der Waals surface area (Å²) in [6, 6.07) is 70.3. The normalized spacial score (nSPS) is 15.7. The Labute approximate surface area is 331 Å². The summed E-state index contributed by atoms with van der Waals surface area (Å²) in [6.45, 7) is 2.26. The van der Waals surface area contributed by atoms with Gasteiger partial charge in [0.15, 0.2) is 5.84 Å². The van der Waals surface area contributed by atoms with E-state index >= 15 is 0 Å². The zero-order valence-electron chi connectivity index (χ0n) is 31.7. The summed E-state index contributed by atoms with van der Waals surface area (Å²) in [7, 11) is 0. The highest BCUT2D eigenvalue weighted by atomic mass is 15.0. The van der Waals surface area contributed by atoms with E-state index in [1.165, 1.54) is 70.8 Å². The molecule has 270 valence electrons. The Hall–Kier alpha value is -7.10. The van der Waals surface area contributed by atoms with Gasteiger partial charge < -0.3 is 4.57 Å². The van der Waals surface area contributed by atoms with Gasteiger partial charge in [0.2, 0.25) is 0 Å². The van der Waals surface area contributed by atoms with Crippen LogP contribution >= 0.6 is 0 Å². The number of para-hydroxylation sites is 2. The molecule has 0 spiro atoms. The van der Waals surface area contributed by atoms with Gasteiger partial charge in [0.25, 0.3) is 0 Å². The third-order valence-corrected chi connectivity index (χ3v) is 12.0. The van der Waals surface area contributed by atoms with Crippen LogP contribution in [0.3, 0.4) is 0 Å². The lowest BCUT2D eigenvalue weighted by Crippen LogP contribution is -2.28. The zero-order chi connectivity index (χ0) is 37.9. The molecule has 3 nitrogen and oxygen atoms in total. The van der Waals surface area contributed by atoms with Crippen molar-refractivity contribution in [3.8, 4) is 16.8 Å². The van der Waals surface area contributed by atoms with Crippen molar-refractivity contribution in [1.29, 1.82) is 0 Å². The molecule has 0 amide bonds. The van der Waals surface area contributed by atoms with E-state index in [0.29, 0.717) is 0 Å². The monoisotopic (exact) mass is 729 g/mol. The minimum absolute atomic E-state index is 0.0387. The van der Waals surface area contributed by atoms with Gasteiger partial charge >= 0.3 is 0 Å². The Morgan fingerprint density at radius 1 is 0.456 bits per heavy atom. The van der Waals surface area contributed by atoms with Gasteiger partial charge in [-0.2, -0.15) is 0 Å². The second-order valence-electron chi connectivity index (χ2n) is 15.1. The molecule has 2 atom stereocenters. The van der Waals surface area contributed by atoms with Crippen LogP contribution in [0.2, 0.25) is 0 Å². The molecule has 1 aromatic heterocycles. The van der Waals surface area contributed by atoms with Crippen LogP contribution in [-0.4, -0.2) is 16.1 Å². The number of rotatable bonds is 6. The number of hydrogen-bond donors (Lipinski definition) is 0. The van der Waals surface area contributed by atoms with Gasteiger partial charge in [-0.25, -0.2) is 4.99 Å². The quantitative estimate of drug-likeness (QED) is 0.153. The van der Waals surface area contributed by atoms with Crippen molar-refractivity contribution in [1.82, 2.24) is 4.57 Å². The lowest BCUT2D eigenvalue weighted by molar-refractivity contribution is 0.532. The molecule has 11 rings (SSSR count). The molecule has 2 heterocycles. The second-order valence-corrected chi connectivity index (χ2v) is 15.1. The first-order valence-corrected chi connectivity index (χ1v) is 20.0. The highest BCUT2D eigenvalue weighted by Crippen LogP contribution is 2.43. The molecule has 9 aromatic carbocycles. The molecule has 0 bridgehead atoms. The number of hydrogen-bond acceptors (Lipinski definition) is 2. The molecule has 3 heteroatoms. The van der Waals surface area contributed by atoms with Gasteiger partial charge in [0.05, 0.1) is 22.8 Å². The first-order valence-electron chi connectivity index (χ1n) is 20.0. The average Bonchev–Trinajstić information content (AvgIpc) is 3.63. The number of aromatic nitrogens is 1. The fraction of sp³-hybridized carbons (Fsp3) is 0.0741. The van der Waals surface area contributed by atoms with Crippen LogP contribution in [0.4, 0.5) is 0 Å². The summed E-state index contributed by atoms with van der Waals surface area (Å²) < 4.78 is 2.38. The van der Waals surface area contributed by atoms with Gasteiger partial charge in [0.1, 0.15) is 0 Å². The summed E-state index contributed by atoms with van der Waals surface area (Å²) in [4.78, 5) is 10.9. The van der Waals surface area contributed by atoms with E-state index in [2.05, 4.69) is 206 Å². The van der Waals surface area contributed by atoms with Crippen molar-refractivity contribution in [2.75, 3.05) is 0 Å². The molecule has 0 fully saturated rings. The van der Waals surface area contributed by atoms with Crippen LogP contribution in [0, 0.1) is 5.92 Å². The predicted octanol–water partition coefficient (Wildman–Crippen LogP) is 13.9. The predicted molar refractivity (Wildman–Crippen MR) is 241 cm³/mol. The third-order valence-electron chi connectivity index (χ3n) is 12.0. The molecular formula is C54H39N3. The van der Waals surface area contributed by atoms with Gasteiger partial charge in [-0.3, -0.25) is 4.99 Å². The van der Waals surface area contributed by atoms with Crippen molar-refractivity contribution < 1.29 is 0 Å².